The maximum atomic E-state index is 6.40. The fourth-order valence-corrected chi connectivity index (χ4v) is 6.28. The molecule has 1 aliphatic carbocycles. The Morgan fingerprint density at radius 1 is 0.714 bits per heavy atom. The van der Waals surface area contributed by atoms with Gasteiger partial charge in [0.15, 0.2) is 5.58 Å². The monoisotopic (exact) mass is 450 g/mol. The van der Waals surface area contributed by atoms with Crippen molar-refractivity contribution in [2.24, 2.45) is 0 Å². The van der Waals surface area contributed by atoms with E-state index in [0.29, 0.717) is 6.01 Å². The number of nitrogens with zero attached hydrogens (tertiary/aromatic N) is 2. The number of para-hydroxylation sites is 2. The lowest BCUT2D eigenvalue weighted by Crippen LogP contribution is -2.16. The molecule has 3 nitrogen and oxygen atoms in total. The van der Waals surface area contributed by atoms with E-state index in [9.17, 15) is 0 Å². The molecule has 0 bridgehead atoms. The van der Waals surface area contributed by atoms with Gasteiger partial charge >= 0.3 is 6.01 Å². The molecule has 2 aromatic heterocycles. The molecule has 0 amide bonds. The highest BCUT2D eigenvalue weighted by molar-refractivity contribution is 6.22. The number of hydrogen-bond donors (Lipinski definition) is 0. The van der Waals surface area contributed by atoms with Gasteiger partial charge in [0.25, 0.3) is 0 Å². The Balaban J connectivity index is 1.63. The molecule has 3 heteroatoms. The van der Waals surface area contributed by atoms with Crippen molar-refractivity contribution in [3.05, 3.63) is 108 Å². The van der Waals surface area contributed by atoms with Crippen LogP contribution in [0.15, 0.2) is 101 Å². The molecule has 0 N–H and O–H groups in total. The van der Waals surface area contributed by atoms with Crippen LogP contribution >= 0.6 is 0 Å². The molecular formula is C32H22N2O. The largest absolute Gasteiger partial charge is 0.423 e. The van der Waals surface area contributed by atoms with Gasteiger partial charge in [0.1, 0.15) is 5.52 Å². The van der Waals surface area contributed by atoms with Crippen molar-refractivity contribution in [3.8, 4) is 17.1 Å². The molecule has 0 saturated carbocycles. The second kappa shape index (κ2) is 6.39. The molecule has 8 rings (SSSR count). The van der Waals surface area contributed by atoms with Crippen LogP contribution < -0.4 is 0 Å². The lowest BCUT2D eigenvalue weighted by molar-refractivity contribution is 0.572. The fourth-order valence-electron chi connectivity index (χ4n) is 6.28. The topological polar surface area (TPSA) is 31.0 Å². The molecule has 0 unspecified atom stereocenters. The number of rotatable bonds is 1. The van der Waals surface area contributed by atoms with E-state index in [4.69, 9.17) is 9.40 Å². The van der Waals surface area contributed by atoms with Crippen LogP contribution in [0.1, 0.15) is 25.0 Å². The molecule has 1 aliphatic rings. The van der Waals surface area contributed by atoms with E-state index in [0.717, 1.165) is 16.6 Å². The lowest BCUT2D eigenvalue weighted by atomic mass is 9.81. The lowest BCUT2D eigenvalue weighted by Gasteiger charge is -2.23. The molecule has 7 aromatic rings. The second-order valence-corrected chi connectivity index (χ2v) is 10.0. The number of benzene rings is 5. The van der Waals surface area contributed by atoms with Crippen molar-refractivity contribution >= 4 is 43.7 Å². The fraction of sp³-hybridized carbons (Fsp3) is 0.0938. The van der Waals surface area contributed by atoms with E-state index < -0.39 is 0 Å². The summed E-state index contributed by atoms with van der Waals surface area (Å²) in [5.41, 5.74) is 9.12. The van der Waals surface area contributed by atoms with Gasteiger partial charge < -0.3 is 4.42 Å². The van der Waals surface area contributed by atoms with Crippen LogP contribution in [0.2, 0.25) is 0 Å². The van der Waals surface area contributed by atoms with Gasteiger partial charge in [-0.25, -0.2) is 0 Å². The van der Waals surface area contributed by atoms with Gasteiger partial charge in [0.2, 0.25) is 0 Å². The first-order valence-corrected chi connectivity index (χ1v) is 12.1. The average molecular weight is 451 g/mol. The number of aromatic nitrogens is 2. The normalized spacial score (nSPS) is 14.2. The smallest absolute Gasteiger partial charge is 0.307 e. The van der Waals surface area contributed by atoms with Gasteiger partial charge in [0, 0.05) is 16.2 Å². The van der Waals surface area contributed by atoms with Gasteiger partial charge in [-0.1, -0.05) is 92.7 Å². The molecule has 0 aliphatic heterocycles. The minimum atomic E-state index is -0.153. The molecule has 0 spiro atoms. The van der Waals surface area contributed by atoms with E-state index in [1.54, 1.807) is 0 Å². The van der Waals surface area contributed by atoms with Crippen molar-refractivity contribution in [2.75, 3.05) is 0 Å². The molecule has 5 aromatic carbocycles. The summed E-state index contributed by atoms with van der Waals surface area (Å²) in [4.78, 5) is 4.95. The first-order valence-electron chi connectivity index (χ1n) is 12.1. The Morgan fingerprint density at radius 3 is 2.43 bits per heavy atom. The molecule has 166 valence electrons. The van der Waals surface area contributed by atoms with E-state index in [1.807, 2.05) is 24.3 Å². The van der Waals surface area contributed by atoms with Crippen molar-refractivity contribution in [1.82, 2.24) is 9.55 Å². The van der Waals surface area contributed by atoms with Crippen LogP contribution in [0.25, 0.3) is 60.8 Å². The van der Waals surface area contributed by atoms with Gasteiger partial charge in [-0.2, -0.15) is 4.98 Å². The minimum absolute atomic E-state index is 0.153. The Morgan fingerprint density at radius 2 is 1.51 bits per heavy atom. The summed E-state index contributed by atoms with van der Waals surface area (Å²) >= 11 is 0. The van der Waals surface area contributed by atoms with E-state index in [1.165, 1.54) is 49.3 Å². The first-order chi connectivity index (χ1) is 17.1. The number of hydrogen-bond acceptors (Lipinski definition) is 2. The zero-order valence-corrected chi connectivity index (χ0v) is 19.5. The van der Waals surface area contributed by atoms with Crippen LogP contribution in [0.4, 0.5) is 0 Å². The van der Waals surface area contributed by atoms with Crippen LogP contribution in [0.5, 0.6) is 0 Å². The minimum Gasteiger partial charge on any atom is -0.423 e. The predicted molar refractivity (Wildman–Crippen MR) is 143 cm³/mol. The molecule has 0 fully saturated rings. The second-order valence-electron chi connectivity index (χ2n) is 10.0. The third kappa shape index (κ3) is 2.33. The van der Waals surface area contributed by atoms with E-state index in [2.05, 4.69) is 91.2 Å². The number of fused-ring (bicyclic) bond motifs is 10. The van der Waals surface area contributed by atoms with Crippen molar-refractivity contribution in [1.29, 1.82) is 0 Å². The van der Waals surface area contributed by atoms with Gasteiger partial charge in [-0.3, -0.25) is 4.57 Å². The van der Waals surface area contributed by atoms with E-state index in [-0.39, 0.29) is 5.41 Å². The summed E-state index contributed by atoms with van der Waals surface area (Å²) in [5, 5.41) is 4.96. The van der Waals surface area contributed by atoms with Gasteiger partial charge in [-0.15, -0.1) is 0 Å². The Bertz CT molecular complexity index is 1950. The average Bonchev–Trinajstić information content (AvgIpc) is 3.52. The summed E-state index contributed by atoms with van der Waals surface area (Å²) in [6.45, 7) is 4.67. The SMILES string of the molecule is CC1(C)c2ccccc2-c2ccc3c4c5ccccc5ccc4n(-c4nc5ccccc5o4)c3c21. The molecule has 0 atom stereocenters. The standard InChI is InChI=1S/C32H22N2O/c1-32(2)24-12-6-5-11-21(24)22-16-17-23-28-20-10-4-3-9-19(20)15-18-26(28)34(30(23)29(22)32)31-33-25-13-7-8-14-27(25)35-31/h3-18H,1-2H3. The van der Waals surface area contributed by atoms with Crippen molar-refractivity contribution in [3.63, 3.8) is 0 Å². The third-order valence-corrected chi connectivity index (χ3v) is 7.81. The van der Waals surface area contributed by atoms with Crippen LogP contribution in [-0.2, 0) is 5.41 Å². The quantitative estimate of drug-likeness (QED) is 0.251. The molecular weight excluding hydrogens is 428 g/mol. The Hall–Kier alpha value is -4.37. The summed E-state index contributed by atoms with van der Waals surface area (Å²) in [7, 11) is 0. The highest BCUT2D eigenvalue weighted by atomic mass is 16.4. The zero-order valence-electron chi connectivity index (χ0n) is 19.5. The van der Waals surface area contributed by atoms with Gasteiger partial charge in [0.05, 0.1) is 11.0 Å². The summed E-state index contributed by atoms with van der Waals surface area (Å²) < 4.78 is 8.65. The summed E-state index contributed by atoms with van der Waals surface area (Å²) in [5.74, 6) is 0. The zero-order chi connectivity index (χ0) is 23.3. The molecule has 2 heterocycles. The maximum Gasteiger partial charge on any atom is 0.307 e. The highest BCUT2D eigenvalue weighted by Gasteiger charge is 2.38. The Labute approximate surface area is 202 Å². The van der Waals surface area contributed by atoms with Crippen LogP contribution in [-0.4, -0.2) is 9.55 Å². The van der Waals surface area contributed by atoms with E-state index >= 15 is 0 Å². The van der Waals surface area contributed by atoms with Crippen LogP contribution in [0.3, 0.4) is 0 Å². The van der Waals surface area contributed by atoms with Gasteiger partial charge in [-0.05, 0) is 51.2 Å². The number of oxazole rings is 1. The summed E-state index contributed by atoms with van der Waals surface area (Å²) in [6, 6.07) is 35.1. The molecule has 35 heavy (non-hydrogen) atoms. The first kappa shape index (κ1) is 19.0. The summed E-state index contributed by atoms with van der Waals surface area (Å²) in [6.07, 6.45) is 0. The van der Waals surface area contributed by atoms with Crippen LogP contribution in [0, 0.1) is 0 Å². The maximum absolute atomic E-state index is 6.40. The Kier molecular flexibility index (Phi) is 3.47. The predicted octanol–water partition coefficient (Wildman–Crippen LogP) is 8.38. The molecule has 0 saturated heterocycles. The molecule has 0 radical (unpaired) electrons. The highest BCUT2D eigenvalue weighted by Crippen LogP contribution is 2.53. The van der Waals surface area contributed by atoms with Crippen molar-refractivity contribution < 1.29 is 4.42 Å². The third-order valence-electron chi connectivity index (χ3n) is 7.81. The van der Waals surface area contributed by atoms with Crippen molar-refractivity contribution in [2.45, 2.75) is 19.3 Å².